The second-order valence-electron chi connectivity index (χ2n) is 8.82. The van der Waals surface area contributed by atoms with E-state index in [4.69, 9.17) is 23.3 Å². The third-order valence-corrected chi connectivity index (χ3v) is 8.01. The molecule has 0 N–H and O–H groups in total. The van der Waals surface area contributed by atoms with Gasteiger partial charge in [0.1, 0.15) is 5.75 Å². The Bertz CT molecular complexity index is 1120. The van der Waals surface area contributed by atoms with Crippen LogP contribution in [-0.2, 0) is 23.1 Å². The number of unbranched alkanes of at least 4 members (excludes halogenated alkanes) is 5. The molecule has 0 aliphatic heterocycles. The minimum atomic E-state index is -2.93. The number of benzene rings is 2. The lowest BCUT2D eigenvalue weighted by Crippen LogP contribution is -2.09. The smallest absolute Gasteiger partial charge is 0.343 e. The standard InChI is InChI=1S/C30H41O9P/c1-5-37-40(33,38-6-2)22-12-10-8-7-9-11-21-36-26-17-15-25(16-18-26)30(32)39-27-19-13-24(23-28(27)34-3)14-20-29(31)35-4/h13-20,23H,5-12,21-22H2,1-4H3/b20-14+. The molecule has 0 unspecified atom stereocenters. The topological polar surface area (TPSA) is 107 Å². The van der Waals surface area contributed by atoms with Gasteiger partial charge in [-0.15, -0.1) is 0 Å². The number of methoxy groups -OCH3 is 2. The fraction of sp³-hybridized carbons (Fsp3) is 0.467. The number of hydrogen-bond acceptors (Lipinski definition) is 9. The zero-order chi connectivity index (χ0) is 29.2. The van der Waals surface area contributed by atoms with Crippen molar-refractivity contribution in [1.82, 2.24) is 0 Å². The van der Waals surface area contributed by atoms with Crippen LogP contribution in [0.15, 0.2) is 48.5 Å². The minimum absolute atomic E-state index is 0.264. The first-order valence-electron chi connectivity index (χ1n) is 13.6. The molecule has 0 heterocycles. The molecule has 10 heteroatoms. The summed E-state index contributed by atoms with van der Waals surface area (Å²) in [4.78, 5) is 23.9. The highest BCUT2D eigenvalue weighted by molar-refractivity contribution is 7.53. The summed E-state index contributed by atoms with van der Waals surface area (Å²) in [6.45, 7) is 5.03. The summed E-state index contributed by atoms with van der Waals surface area (Å²) in [5.41, 5.74) is 1.07. The maximum absolute atomic E-state index is 12.6. The van der Waals surface area contributed by atoms with Gasteiger partial charge >= 0.3 is 19.5 Å². The van der Waals surface area contributed by atoms with Crippen molar-refractivity contribution < 1.29 is 42.1 Å². The van der Waals surface area contributed by atoms with E-state index in [-0.39, 0.29) is 5.75 Å². The predicted molar refractivity (Wildman–Crippen MR) is 154 cm³/mol. The minimum Gasteiger partial charge on any atom is -0.494 e. The first-order chi connectivity index (χ1) is 19.3. The molecule has 2 aromatic carbocycles. The van der Waals surface area contributed by atoms with Crippen LogP contribution >= 0.6 is 7.60 Å². The average Bonchev–Trinajstić information content (AvgIpc) is 2.96. The number of rotatable bonds is 19. The van der Waals surface area contributed by atoms with E-state index in [1.807, 2.05) is 13.8 Å². The van der Waals surface area contributed by atoms with Crippen molar-refractivity contribution >= 4 is 25.6 Å². The van der Waals surface area contributed by atoms with Crippen molar-refractivity contribution in [3.63, 3.8) is 0 Å². The molecule has 0 amide bonds. The normalized spacial score (nSPS) is 11.4. The summed E-state index contributed by atoms with van der Waals surface area (Å²) in [5.74, 6) is 0.302. The maximum Gasteiger partial charge on any atom is 0.343 e. The van der Waals surface area contributed by atoms with E-state index in [1.165, 1.54) is 20.3 Å². The molecule has 0 spiro atoms. The molecule has 0 aromatic heterocycles. The molecule has 2 rings (SSSR count). The van der Waals surface area contributed by atoms with Gasteiger partial charge in [-0.1, -0.05) is 31.7 Å². The van der Waals surface area contributed by atoms with Crippen LogP contribution in [-0.4, -0.2) is 52.1 Å². The highest BCUT2D eigenvalue weighted by Gasteiger charge is 2.22. The van der Waals surface area contributed by atoms with Gasteiger partial charge in [0.05, 0.1) is 45.8 Å². The summed E-state index contributed by atoms with van der Waals surface area (Å²) < 4.78 is 44.3. The number of esters is 2. The molecule has 0 radical (unpaired) electrons. The van der Waals surface area contributed by atoms with Crippen LogP contribution in [0.5, 0.6) is 17.2 Å². The molecule has 0 saturated carbocycles. The van der Waals surface area contributed by atoms with E-state index in [0.29, 0.717) is 48.6 Å². The van der Waals surface area contributed by atoms with Crippen LogP contribution in [0.4, 0.5) is 0 Å². The Kier molecular flexibility index (Phi) is 15.1. The Hall–Kier alpha value is -3.13. The molecular formula is C30H41O9P. The molecule has 0 aliphatic rings. The van der Waals surface area contributed by atoms with Gasteiger partial charge in [-0.05, 0) is 74.7 Å². The van der Waals surface area contributed by atoms with E-state index < -0.39 is 19.5 Å². The highest BCUT2D eigenvalue weighted by atomic mass is 31.2. The SMILES string of the molecule is CCOP(=O)(CCCCCCCCOc1ccc(C(=O)Oc2ccc(/C=C/C(=O)OC)cc2OC)cc1)OCC. The van der Waals surface area contributed by atoms with Crippen molar-refractivity contribution in [2.75, 3.05) is 40.2 Å². The number of carbonyl (C=O) groups excluding carboxylic acids is 2. The lowest BCUT2D eigenvalue weighted by atomic mass is 10.1. The van der Waals surface area contributed by atoms with Gasteiger partial charge in [0.2, 0.25) is 0 Å². The van der Waals surface area contributed by atoms with E-state index >= 15 is 0 Å². The second kappa shape index (κ2) is 18.3. The highest BCUT2D eigenvalue weighted by Crippen LogP contribution is 2.48. The summed E-state index contributed by atoms with van der Waals surface area (Å²) in [6, 6.07) is 11.7. The fourth-order valence-corrected chi connectivity index (χ4v) is 5.55. The molecule has 9 nitrogen and oxygen atoms in total. The summed E-state index contributed by atoms with van der Waals surface area (Å²) in [5, 5.41) is 0. The number of ether oxygens (including phenoxy) is 4. The Morgan fingerprint density at radius 1 is 0.825 bits per heavy atom. The van der Waals surface area contributed by atoms with Crippen LogP contribution < -0.4 is 14.2 Å². The average molecular weight is 577 g/mol. The van der Waals surface area contributed by atoms with Crippen LogP contribution in [0.25, 0.3) is 6.08 Å². The van der Waals surface area contributed by atoms with E-state index in [2.05, 4.69) is 4.74 Å². The second-order valence-corrected chi connectivity index (χ2v) is 11.0. The van der Waals surface area contributed by atoms with Crippen LogP contribution in [0, 0.1) is 0 Å². The monoisotopic (exact) mass is 576 g/mol. The van der Waals surface area contributed by atoms with Gasteiger partial charge in [-0.25, -0.2) is 9.59 Å². The molecule has 0 saturated heterocycles. The Morgan fingerprint density at radius 2 is 1.48 bits per heavy atom. The Balaban J connectivity index is 1.71. The predicted octanol–water partition coefficient (Wildman–Crippen LogP) is 7.09. The molecule has 0 aliphatic carbocycles. The molecule has 40 heavy (non-hydrogen) atoms. The molecule has 0 atom stereocenters. The summed E-state index contributed by atoms with van der Waals surface area (Å²) in [6.07, 6.45) is 9.26. The lowest BCUT2D eigenvalue weighted by Gasteiger charge is -2.16. The van der Waals surface area contributed by atoms with Crippen LogP contribution in [0.3, 0.4) is 0 Å². The van der Waals surface area contributed by atoms with Gasteiger partial charge in [0, 0.05) is 6.08 Å². The lowest BCUT2D eigenvalue weighted by molar-refractivity contribution is -0.134. The first-order valence-corrected chi connectivity index (χ1v) is 15.3. The van der Waals surface area contributed by atoms with E-state index in [0.717, 1.165) is 38.5 Å². The number of carbonyl (C=O) groups is 2. The molecular weight excluding hydrogens is 535 g/mol. The van der Waals surface area contributed by atoms with E-state index in [9.17, 15) is 14.2 Å². The van der Waals surface area contributed by atoms with E-state index in [1.54, 1.807) is 48.5 Å². The summed E-state index contributed by atoms with van der Waals surface area (Å²) >= 11 is 0. The van der Waals surface area contributed by atoms with Gasteiger partial charge in [-0.3, -0.25) is 4.57 Å². The van der Waals surface area contributed by atoms with Crippen LogP contribution in [0.2, 0.25) is 0 Å². The van der Waals surface area contributed by atoms with Crippen molar-refractivity contribution in [2.24, 2.45) is 0 Å². The molecule has 220 valence electrons. The zero-order valence-electron chi connectivity index (χ0n) is 23.9. The largest absolute Gasteiger partial charge is 0.494 e. The van der Waals surface area contributed by atoms with Crippen molar-refractivity contribution in [1.29, 1.82) is 0 Å². The van der Waals surface area contributed by atoms with Crippen molar-refractivity contribution in [3.8, 4) is 17.2 Å². The molecule has 0 bridgehead atoms. The molecule has 2 aromatic rings. The quantitative estimate of drug-likeness (QED) is 0.0570. The van der Waals surface area contributed by atoms with Gasteiger partial charge in [0.15, 0.2) is 11.5 Å². The zero-order valence-corrected chi connectivity index (χ0v) is 24.8. The van der Waals surface area contributed by atoms with Gasteiger partial charge in [-0.2, -0.15) is 0 Å². The van der Waals surface area contributed by atoms with Crippen molar-refractivity contribution in [3.05, 3.63) is 59.7 Å². The Morgan fingerprint density at radius 3 is 2.10 bits per heavy atom. The maximum atomic E-state index is 12.6. The third kappa shape index (κ3) is 11.9. The van der Waals surface area contributed by atoms with Crippen molar-refractivity contribution in [2.45, 2.75) is 52.4 Å². The molecule has 0 fully saturated rings. The fourth-order valence-electron chi connectivity index (χ4n) is 3.81. The third-order valence-electron chi connectivity index (χ3n) is 5.84. The summed E-state index contributed by atoms with van der Waals surface area (Å²) in [7, 11) is -0.156. The van der Waals surface area contributed by atoms with Crippen LogP contribution in [0.1, 0.15) is 68.3 Å². The Labute approximate surface area is 237 Å². The van der Waals surface area contributed by atoms with Gasteiger partial charge < -0.3 is 28.0 Å². The number of hydrogen-bond donors (Lipinski definition) is 0. The van der Waals surface area contributed by atoms with Gasteiger partial charge in [0.25, 0.3) is 0 Å². The first kappa shape index (κ1) is 33.1.